The standard InChI is InChI=1S/C20H26N2O/c1-2-7-19(8-3-1)23-20-11-9-18(10-12-20)6-4-5-15-22-16-13-21-14-17-22/h1-3,7-12,21H,4-6,13-17H2. The van der Waals surface area contributed by atoms with E-state index in [4.69, 9.17) is 4.74 Å². The number of hydrogen-bond donors (Lipinski definition) is 1. The molecule has 0 amide bonds. The Morgan fingerprint density at radius 3 is 2.26 bits per heavy atom. The largest absolute Gasteiger partial charge is 0.457 e. The Bertz CT molecular complexity index is 562. The molecule has 0 atom stereocenters. The van der Waals surface area contributed by atoms with Crippen molar-refractivity contribution in [3.05, 3.63) is 60.2 Å². The quantitative estimate of drug-likeness (QED) is 0.789. The van der Waals surface area contributed by atoms with Crippen LogP contribution in [0.1, 0.15) is 18.4 Å². The van der Waals surface area contributed by atoms with Gasteiger partial charge in [-0.25, -0.2) is 0 Å². The van der Waals surface area contributed by atoms with Crippen LogP contribution in [0.5, 0.6) is 11.5 Å². The maximum atomic E-state index is 5.83. The first-order valence-electron chi connectivity index (χ1n) is 8.65. The zero-order chi connectivity index (χ0) is 15.7. The number of ether oxygens (including phenoxy) is 1. The summed E-state index contributed by atoms with van der Waals surface area (Å²) in [6, 6.07) is 18.4. The van der Waals surface area contributed by atoms with Gasteiger partial charge in [0.05, 0.1) is 0 Å². The molecule has 0 radical (unpaired) electrons. The SMILES string of the molecule is c1ccc(Oc2ccc(CCCCN3CCNCC3)cc2)cc1. The van der Waals surface area contributed by atoms with Gasteiger partial charge in [0.25, 0.3) is 0 Å². The second kappa shape index (κ2) is 8.70. The van der Waals surface area contributed by atoms with Crippen LogP contribution in [-0.2, 0) is 6.42 Å². The van der Waals surface area contributed by atoms with E-state index in [1.165, 1.54) is 38.0 Å². The molecule has 3 nitrogen and oxygen atoms in total. The highest BCUT2D eigenvalue weighted by atomic mass is 16.5. The lowest BCUT2D eigenvalue weighted by Crippen LogP contribution is -2.43. The highest BCUT2D eigenvalue weighted by molar-refractivity contribution is 5.32. The van der Waals surface area contributed by atoms with Crippen LogP contribution in [0.3, 0.4) is 0 Å². The molecule has 1 fully saturated rings. The lowest BCUT2D eigenvalue weighted by Gasteiger charge is -2.27. The summed E-state index contributed by atoms with van der Waals surface area (Å²) in [7, 11) is 0. The van der Waals surface area contributed by atoms with Crippen molar-refractivity contribution in [3.8, 4) is 11.5 Å². The summed E-state index contributed by atoms with van der Waals surface area (Å²) in [5.41, 5.74) is 1.39. The fourth-order valence-corrected chi connectivity index (χ4v) is 2.95. The van der Waals surface area contributed by atoms with Crippen LogP contribution in [-0.4, -0.2) is 37.6 Å². The van der Waals surface area contributed by atoms with Crippen molar-refractivity contribution in [2.75, 3.05) is 32.7 Å². The van der Waals surface area contributed by atoms with Crippen molar-refractivity contribution in [2.45, 2.75) is 19.3 Å². The molecule has 0 unspecified atom stereocenters. The van der Waals surface area contributed by atoms with Gasteiger partial charge in [-0.3, -0.25) is 0 Å². The van der Waals surface area contributed by atoms with Crippen LogP contribution in [0.15, 0.2) is 54.6 Å². The van der Waals surface area contributed by atoms with E-state index >= 15 is 0 Å². The molecule has 2 aromatic carbocycles. The molecule has 0 aromatic heterocycles. The van der Waals surface area contributed by atoms with E-state index in [-0.39, 0.29) is 0 Å². The predicted molar refractivity (Wildman–Crippen MR) is 95.2 cm³/mol. The number of unbranched alkanes of at least 4 members (excludes halogenated alkanes) is 1. The molecule has 0 spiro atoms. The number of aryl methyl sites for hydroxylation is 1. The fourth-order valence-electron chi connectivity index (χ4n) is 2.95. The molecule has 3 rings (SSSR count). The zero-order valence-corrected chi connectivity index (χ0v) is 13.7. The van der Waals surface area contributed by atoms with Crippen molar-refractivity contribution >= 4 is 0 Å². The number of para-hydroxylation sites is 1. The van der Waals surface area contributed by atoms with Crippen LogP contribution in [0.4, 0.5) is 0 Å². The summed E-state index contributed by atoms with van der Waals surface area (Å²) in [5, 5.41) is 3.40. The summed E-state index contributed by atoms with van der Waals surface area (Å²) in [6.45, 7) is 5.92. The second-order valence-electron chi connectivity index (χ2n) is 6.11. The molecule has 0 saturated carbocycles. The minimum atomic E-state index is 0.885. The molecular formula is C20H26N2O. The Hall–Kier alpha value is -1.84. The maximum absolute atomic E-state index is 5.83. The number of nitrogens with zero attached hydrogens (tertiary/aromatic N) is 1. The zero-order valence-electron chi connectivity index (χ0n) is 13.7. The van der Waals surface area contributed by atoms with Crippen LogP contribution in [0, 0.1) is 0 Å². The average molecular weight is 310 g/mol. The molecule has 3 heteroatoms. The summed E-state index contributed by atoms with van der Waals surface area (Å²) in [6.07, 6.45) is 3.68. The Labute approximate surface area is 139 Å². The number of rotatable bonds is 7. The molecule has 0 aliphatic carbocycles. The van der Waals surface area contributed by atoms with Crippen molar-refractivity contribution in [1.82, 2.24) is 10.2 Å². The minimum absolute atomic E-state index is 0.885. The lowest BCUT2D eigenvalue weighted by molar-refractivity contribution is 0.237. The fraction of sp³-hybridized carbons (Fsp3) is 0.400. The Morgan fingerprint density at radius 1 is 0.826 bits per heavy atom. The molecule has 1 N–H and O–H groups in total. The van der Waals surface area contributed by atoms with Gasteiger partial charge in [-0.2, -0.15) is 0 Å². The number of hydrogen-bond acceptors (Lipinski definition) is 3. The smallest absolute Gasteiger partial charge is 0.127 e. The maximum Gasteiger partial charge on any atom is 0.127 e. The van der Waals surface area contributed by atoms with Crippen molar-refractivity contribution < 1.29 is 4.74 Å². The second-order valence-corrected chi connectivity index (χ2v) is 6.11. The Kier molecular flexibility index (Phi) is 6.07. The number of nitrogens with one attached hydrogen (secondary N) is 1. The minimum Gasteiger partial charge on any atom is -0.457 e. The van der Waals surface area contributed by atoms with Gasteiger partial charge in [0.15, 0.2) is 0 Å². The third kappa shape index (κ3) is 5.38. The number of benzene rings is 2. The van der Waals surface area contributed by atoms with Gasteiger partial charge in [-0.15, -0.1) is 0 Å². The summed E-state index contributed by atoms with van der Waals surface area (Å²) < 4.78 is 5.83. The highest BCUT2D eigenvalue weighted by Gasteiger charge is 2.08. The third-order valence-electron chi connectivity index (χ3n) is 4.30. The van der Waals surface area contributed by atoms with Gasteiger partial charge in [0, 0.05) is 26.2 Å². The Balaban J connectivity index is 1.39. The first kappa shape index (κ1) is 16.0. The predicted octanol–water partition coefficient (Wildman–Crippen LogP) is 3.71. The van der Waals surface area contributed by atoms with Gasteiger partial charge in [-0.1, -0.05) is 30.3 Å². The van der Waals surface area contributed by atoms with Gasteiger partial charge in [-0.05, 0) is 55.6 Å². The van der Waals surface area contributed by atoms with Crippen molar-refractivity contribution in [3.63, 3.8) is 0 Å². The molecule has 2 aromatic rings. The average Bonchev–Trinajstić information content (AvgIpc) is 2.62. The van der Waals surface area contributed by atoms with Crippen LogP contribution in [0.25, 0.3) is 0 Å². The summed E-state index contributed by atoms with van der Waals surface area (Å²) in [4.78, 5) is 2.56. The third-order valence-corrected chi connectivity index (χ3v) is 4.30. The van der Waals surface area contributed by atoms with E-state index in [0.29, 0.717) is 0 Å². The molecule has 1 aliphatic rings. The normalized spacial score (nSPS) is 15.5. The Morgan fingerprint density at radius 2 is 1.52 bits per heavy atom. The van der Waals surface area contributed by atoms with Crippen LogP contribution in [0.2, 0.25) is 0 Å². The van der Waals surface area contributed by atoms with Crippen LogP contribution >= 0.6 is 0 Å². The van der Waals surface area contributed by atoms with E-state index in [1.54, 1.807) is 0 Å². The molecule has 1 saturated heterocycles. The summed E-state index contributed by atoms with van der Waals surface area (Å²) in [5.74, 6) is 1.79. The monoisotopic (exact) mass is 310 g/mol. The first-order valence-corrected chi connectivity index (χ1v) is 8.65. The topological polar surface area (TPSA) is 24.5 Å². The van der Waals surface area contributed by atoms with Crippen molar-refractivity contribution in [2.24, 2.45) is 0 Å². The lowest BCUT2D eigenvalue weighted by atomic mass is 10.1. The van der Waals surface area contributed by atoms with Gasteiger partial charge >= 0.3 is 0 Å². The summed E-state index contributed by atoms with van der Waals surface area (Å²) >= 11 is 0. The highest BCUT2D eigenvalue weighted by Crippen LogP contribution is 2.21. The molecule has 23 heavy (non-hydrogen) atoms. The van der Waals surface area contributed by atoms with Crippen molar-refractivity contribution in [1.29, 1.82) is 0 Å². The number of piperazine rings is 1. The first-order chi connectivity index (χ1) is 11.4. The van der Waals surface area contributed by atoms with E-state index in [1.807, 2.05) is 30.3 Å². The van der Waals surface area contributed by atoms with Crippen LogP contribution < -0.4 is 10.1 Å². The van der Waals surface area contributed by atoms with Gasteiger partial charge in [0.2, 0.25) is 0 Å². The van der Waals surface area contributed by atoms with E-state index in [2.05, 4.69) is 34.5 Å². The van der Waals surface area contributed by atoms with Gasteiger partial charge in [0.1, 0.15) is 11.5 Å². The van der Waals surface area contributed by atoms with E-state index in [0.717, 1.165) is 31.0 Å². The van der Waals surface area contributed by atoms with E-state index in [9.17, 15) is 0 Å². The van der Waals surface area contributed by atoms with E-state index < -0.39 is 0 Å². The molecular weight excluding hydrogens is 284 g/mol. The van der Waals surface area contributed by atoms with Gasteiger partial charge < -0.3 is 15.0 Å². The molecule has 122 valence electrons. The molecule has 0 bridgehead atoms. The molecule has 1 aliphatic heterocycles. The molecule has 1 heterocycles.